The molecule has 0 radical (unpaired) electrons. The molecule has 0 saturated carbocycles. The van der Waals surface area contributed by atoms with Gasteiger partial charge in [-0.25, -0.2) is 9.97 Å². The van der Waals surface area contributed by atoms with E-state index in [-0.39, 0.29) is 11.9 Å². The van der Waals surface area contributed by atoms with Crippen LogP contribution in [0.15, 0.2) is 12.4 Å². The molecule has 1 aliphatic heterocycles. The van der Waals surface area contributed by atoms with E-state index in [1.165, 1.54) is 0 Å². The van der Waals surface area contributed by atoms with Crippen molar-refractivity contribution in [2.24, 2.45) is 5.73 Å². The molecular weight excluding hydrogens is 221 g/mol. The zero-order chi connectivity index (χ0) is 11.8. The summed E-state index contributed by atoms with van der Waals surface area (Å²) in [6.45, 7) is 1.17. The number of halogens is 3. The van der Waals surface area contributed by atoms with Crippen molar-refractivity contribution in [1.29, 1.82) is 0 Å². The molecule has 2 heterocycles. The Kier molecular flexibility index (Phi) is 2.71. The van der Waals surface area contributed by atoms with E-state index in [9.17, 15) is 13.2 Å². The van der Waals surface area contributed by atoms with Crippen LogP contribution in [0.25, 0.3) is 0 Å². The van der Waals surface area contributed by atoms with E-state index in [1.807, 2.05) is 0 Å². The minimum Gasteiger partial charge on any atom is -0.355 e. The highest BCUT2D eigenvalue weighted by molar-refractivity contribution is 5.41. The second-order valence-electron chi connectivity index (χ2n) is 3.75. The van der Waals surface area contributed by atoms with Crippen molar-refractivity contribution in [1.82, 2.24) is 9.97 Å². The standard InChI is InChI=1S/C9H11F3N4/c10-9(11,12)7-3-8(15-5-14-7)16-2-1-6(13)4-16/h3,5-6H,1-2,4,13H2. The Bertz CT molecular complexity index is 379. The van der Waals surface area contributed by atoms with Crippen molar-refractivity contribution in [3.05, 3.63) is 18.1 Å². The fourth-order valence-electron chi connectivity index (χ4n) is 1.67. The van der Waals surface area contributed by atoms with E-state index in [1.54, 1.807) is 4.90 Å². The summed E-state index contributed by atoms with van der Waals surface area (Å²) < 4.78 is 37.2. The molecule has 1 aliphatic rings. The summed E-state index contributed by atoms with van der Waals surface area (Å²) in [4.78, 5) is 8.77. The van der Waals surface area contributed by atoms with Crippen LogP contribution in [0.2, 0.25) is 0 Å². The molecular formula is C9H11F3N4. The first-order valence-electron chi connectivity index (χ1n) is 4.86. The van der Waals surface area contributed by atoms with E-state index in [0.717, 1.165) is 18.8 Å². The maximum Gasteiger partial charge on any atom is 0.433 e. The molecule has 1 aromatic heterocycles. The van der Waals surface area contributed by atoms with Gasteiger partial charge in [-0.15, -0.1) is 0 Å². The Morgan fingerprint density at radius 3 is 2.69 bits per heavy atom. The Balaban J connectivity index is 2.23. The van der Waals surface area contributed by atoms with Gasteiger partial charge in [-0.05, 0) is 6.42 Å². The molecule has 0 aliphatic carbocycles. The van der Waals surface area contributed by atoms with Crippen LogP contribution in [0.1, 0.15) is 12.1 Å². The van der Waals surface area contributed by atoms with Crippen LogP contribution in [0, 0.1) is 0 Å². The molecule has 2 rings (SSSR count). The summed E-state index contributed by atoms with van der Waals surface area (Å²) in [5, 5.41) is 0. The first-order chi connectivity index (χ1) is 7.47. The average molecular weight is 232 g/mol. The molecule has 7 heteroatoms. The van der Waals surface area contributed by atoms with Crippen molar-refractivity contribution in [3.63, 3.8) is 0 Å². The van der Waals surface area contributed by atoms with Gasteiger partial charge in [-0.2, -0.15) is 13.2 Å². The number of alkyl halides is 3. The lowest BCUT2D eigenvalue weighted by atomic mass is 10.3. The zero-order valence-corrected chi connectivity index (χ0v) is 8.41. The van der Waals surface area contributed by atoms with E-state index < -0.39 is 11.9 Å². The Morgan fingerprint density at radius 1 is 1.38 bits per heavy atom. The molecule has 0 bridgehead atoms. The van der Waals surface area contributed by atoms with Gasteiger partial charge in [0.1, 0.15) is 17.8 Å². The average Bonchev–Trinajstić information content (AvgIpc) is 2.64. The van der Waals surface area contributed by atoms with E-state index in [4.69, 9.17) is 5.73 Å². The van der Waals surface area contributed by atoms with Gasteiger partial charge in [0.05, 0.1) is 0 Å². The predicted octanol–water partition coefficient (Wildman–Crippen LogP) is 1.03. The SMILES string of the molecule is NC1CCN(c2cc(C(F)(F)F)ncn2)C1. The first-order valence-corrected chi connectivity index (χ1v) is 4.86. The number of hydrogen-bond acceptors (Lipinski definition) is 4. The van der Waals surface area contributed by atoms with E-state index >= 15 is 0 Å². The minimum atomic E-state index is -4.43. The third-order valence-corrected chi connectivity index (χ3v) is 2.49. The Hall–Kier alpha value is -1.37. The molecule has 1 aromatic rings. The normalized spacial score (nSPS) is 21.5. The van der Waals surface area contributed by atoms with E-state index in [0.29, 0.717) is 13.1 Å². The fraction of sp³-hybridized carbons (Fsp3) is 0.556. The van der Waals surface area contributed by atoms with Crippen molar-refractivity contribution >= 4 is 5.82 Å². The molecule has 1 unspecified atom stereocenters. The minimum absolute atomic E-state index is 0.00398. The second kappa shape index (κ2) is 3.89. The number of nitrogens with zero attached hydrogens (tertiary/aromatic N) is 3. The molecule has 0 aromatic carbocycles. The second-order valence-corrected chi connectivity index (χ2v) is 3.75. The van der Waals surface area contributed by atoms with Crippen LogP contribution in [0.5, 0.6) is 0 Å². The van der Waals surface area contributed by atoms with Gasteiger partial charge in [-0.1, -0.05) is 0 Å². The highest BCUT2D eigenvalue weighted by atomic mass is 19.4. The maximum atomic E-state index is 12.4. The molecule has 2 N–H and O–H groups in total. The first kappa shape index (κ1) is 11.1. The molecule has 1 atom stereocenters. The Morgan fingerprint density at radius 2 is 2.12 bits per heavy atom. The van der Waals surface area contributed by atoms with Crippen LogP contribution in [0.4, 0.5) is 19.0 Å². The third-order valence-electron chi connectivity index (χ3n) is 2.49. The molecule has 1 fully saturated rings. The van der Waals surface area contributed by atoms with E-state index in [2.05, 4.69) is 9.97 Å². The smallest absolute Gasteiger partial charge is 0.355 e. The lowest BCUT2D eigenvalue weighted by molar-refractivity contribution is -0.141. The topological polar surface area (TPSA) is 55.0 Å². The van der Waals surface area contributed by atoms with Crippen LogP contribution in [-0.4, -0.2) is 29.1 Å². The summed E-state index contributed by atoms with van der Waals surface area (Å²) in [6.07, 6.45) is -2.73. The number of rotatable bonds is 1. The van der Waals surface area contributed by atoms with Crippen molar-refractivity contribution < 1.29 is 13.2 Å². The highest BCUT2D eigenvalue weighted by Crippen LogP contribution is 2.29. The predicted molar refractivity (Wildman–Crippen MR) is 51.8 cm³/mol. The van der Waals surface area contributed by atoms with Gasteiger partial charge in [0.25, 0.3) is 0 Å². The highest BCUT2D eigenvalue weighted by Gasteiger charge is 2.33. The largest absolute Gasteiger partial charge is 0.433 e. The van der Waals surface area contributed by atoms with Gasteiger partial charge >= 0.3 is 6.18 Å². The summed E-state index contributed by atoms with van der Waals surface area (Å²) in [7, 11) is 0. The molecule has 0 amide bonds. The number of nitrogens with two attached hydrogens (primary N) is 1. The van der Waals surface area contributed by atoms with Gasteiger partial charge in [0.2, 0.25) is 0 Å². The van der Waals surface area contributed by atoms with Gasteiger partial charge < -0.3 is 10.6 Å². The summed E-state index contributed by atoms with van der Waals surface area (Å²) in [5.41, 5.74) is 4.76. The molecule has 16 heavy (non-hydrogen) atoms. The van der Waals surface area contributed by atoms with Crippen molar-refractivity contribution in [3.8, 4) is 0 Å². The monoisotopic (exact) mass is 232 g/mol. The summed E-state index contributed by atoms with van der Waals surface area (Å²) >= 11 is 0. The molecule has 4 nitrogen and oxygen atoms in total. The summed E-state index contributed by atoms with van der Waals surface area (Å²) in [6, 6.07) is 0.960. The summed E-state index contributed by atoms with van der Waals surface area (Å²) in [5.74, 6) is 0.287. The molecule has 1 saturated heterocycles. The van der Waals surface area contributed by atoms with Crippen molar-refractivity contribution in [2.75, 3.05) is 18.0 Å². The van der Waals surface area contributed by atoms with Gasteiger partial charge in [0.15, 0.2) is 0 Å². The fourth-order valence-corrected chi connectivity index (χ4v) is 1.67. The number of anilines is 1. The van der Waals surface area contributed by atoms with Crippen LogP contribution >= 0.6 is 0 Å². The molecule has 0 spiro atoms. The lowest BCUT2D eigenvalue weighted by Crippen LogP contribution is -2.27. The van der Waals surface area contributed by atoms with Crippen molar-refractivity contribution in [2.45, 2.75) is 18.6 Å². The maximum absolute atomic E-state index is 12.4. The van der Waals surface area contributed by atoms with Crippen LogP contribution in [-0.2, 0) is 6.18 Å². The van der Waals surface area contributed by atoms with Crippen LogP contribution < -0.4 is 10.6 Å². The zero-order valence-electron chi connectivity index (χ0n) is 8.41. The lowest BCUT2D eigenvalue weighted by Gasteiger charge is -2.17. The third kappa shape index (κ3) is 2.24. The van der Waals surface area contributed by atoms with Gasteiger partial charge in [-0.3, -0.25) is 0 Å². The Labute approximate surface area is 90.3 Å². The van der Waals surface area contributed by atoms with Gasteiger partial charge in [0, 0.05) is 25.2 Å². The number of aromatic nitrogens is 2. The quantitative estimate of drug-likeness (QED) is 0.785. The number of hydrogen-bond donors (Lipinski definition) is 1. The van der Waals surface area contributed by atoms with Crippen LogP contribution in [0.3, 0.4) is 0 Å². The molecule has 88 valence electrons.